The molecule has 2 heterocycles. The average molecular weight is 336 g/mol. The summed E-state index contributed by atoms with van der Waals surface area (Å²) in [5, 5.41) is 17.3. The van der Waals surface area contributed by atoms with Crippen LogP contribution in [0.5, 0.6) is 5.75 Å². The molecule has 1 aromatic carbocycles. The zero-order chi connectivity index (χ0) is 17.8. The van der Waals surface area contributed by atoms with E-state index in [-0.39, 0.29) is 6.04 Å². The first kappa shape index (κ1) is 16.7. The van der Waals surface area contributed by atoms with Crippen molar-refractivity contribution < 1.29 is 4.74 Å². The van der Waals surface area contributed by atoms with Crippen LogP contribution >= 0.6 is 0 Å². The van der Waals surface area contributed by atoms with Crippen LogP contribution in [0.3, 0.4) is 0 Å². The Morgan fingerprint density at radius 1 is 1.36 bits per heavy atom. The Hall–Kier alpha value is -3.14. The number of ether oxygens (including phenoxy) is 1. The van der Waals surface area contributed by atoms with Crippen molar-refractivity contribution in [2.45, 2.75) is 32.9 Å². The molecule has 0 saturated carbocycles. The highest BCUT2D eigenvalue weighted by molar-refractivity contribution is 5.86. The molecule has 128 valence electrons. The summed E-state index contributed by atoms with van der Waals surface area (Å²) in [5.41, 5.74) is 2.95. The van der Waals surface area contributed by atoms with Crippen molar-refractivity contribution in [1.29, 1.82) is 5.26 Å². The van der Waals surface area contributed by atoms with Crippen LogP contribution < -0.4 is 10.1 Å². The van der Waals surface area contributed by atoms with Crippen LogP contribution in [0.2, 0.25) is 0 Å². The van der Waals surface area contributed by atoms with Crippen molar-refractivity contribution in [3.63, 3.8) is 0 Å². The van der Waals surface area contributed by atoms with E-state index in [0.717, 1.165) is 22.3 Å². The Balaban J connectivity index is 1.92. The van der Waals surface area contributed by atoms with E-state index < -0.39 is 0 Å². The minimum absolute atomic E-state index is 0.00425. The highest BCUT2D eigenvalue weighted by atomic mass is 16.5. The van der Waals surface area contributed by atoms with E-state index in [1.807, 2.05) is 12.1 Å². The van der Waals surface area contributed by atoms with E-state index in [4.69, 9.17) is 10.00 Å². The van der Waals surface area contributed by atoms with Crippen LogP contribution in [-0.4, -0.2) is 26.9 Å². The van der Waals surface area contributed by atoms with Crippen molar-refractivity contribution in [2.75, 3.05) is 12.4 Å². The third kappa shape index (κ3) is 3.38. The van der Waals surface area contributed by atoms with Gasteiger partial charge < -0.3 is 10.1 Å². The molecule has 0 bridgehead atoms. The molecule has 0 amide bonds. The third-order valence-electron chi connectivity index (χ3n) is 4.07. The number of nitriles is 1. The highest BCUT2D eigenvalue weighted by Gasteiger charge is 2.15. The second kappa shape index (κ2) is 7.18. The van der Waals surface area contributed by atoms with Gasteiger partial charge in [-0.1, -0.05) is 17.7 Å². The number of methoxy groups -OCH3 is 1. The molecule has 3 aromatic rings. The third-order valence-corrected chi connectivity index (χ3v) is 4.07. The van der Waals surface area contributed by atoms with Crippen molar-refractivity contribution >= 4 is 16.9 Å². The van der Waals surface area contributed by atoms with E-state index in [1.54, 1.807) is 18.0 Å². The lowest BCUT2D eigenvalue weighted by Gasteiger charge is -2.18. The fourth-order valence-corrected chi connectivity index (χ4v) is 2.80. The van der Waals surface area contributed by atoms with Crippen molar-refractivity contribution in [3.05, 3.63) is 41.9 Å². The van der Waals surface area contributed by atoms with Crippen LogP contribution in [-0.2, 0) is 6.54 Å². The molecule has 0 aliphatic carbocycles. The molecular weight excluding hydrogens is 316 g/mol. The summed E-state index contributed by atoms with van der Waals surface area (Å²) in [6.45, 7) is 4.63. The molecule has 1 N–H and O–H groups in total. The zero-order valence-corrected chi connectivity index (χ0v) is 14.5. The van der Waals surface area contributed by atoms with Gasteiger partial charge in [0.2, 0.25) is 0 Å². The van der Waals surface area contributed by atoms with Crippen molar-refractivity contribution in [3.8, 4) is 11.8 Å². The number of fused-ring (bicyclic) bond motifs is 1. The predicted octanol–water partition coefficient (Wildman–Crippen LogP) is 3.23. The van der Waals surface area contributed by atoms with Gasteiger partial charge in [-0.15, -0.1) is 0 Å². The quantitative estimate of drug-likeness (QED) is 0.743. The summed E-state index contributed by atoms with van der Waals surface area (Å²) in [6.07, 6.45) is 3.63. The number of aryl methyl sites for hydroxylation is 2. The molecule has 3 rings (SSSR count). The number of benzene rings is 1. The van der Waals surface area contributed by atoms with Gasteiger partial charge in [0.15, 0.2) is 5.65 Å². The maximum atomic E-state index is 8.76. The van der Waals surface area contributed by atoms with E-state index in [1.165, 1.54) is 11.9 Å². The van der Waals surface area contributed by atoms with Gasteiger partial charge in [0.25, 0.3) is 0 Å². The number of aromatic nitrogens is 4. The van der Waals surface area contributed by atoms with E-state index >= 15 is 0 Å². The van der Waals surface area contributed by atoms with Crippen LogP contribution in [0.4, 0.5) is 5.82 Å². The van der Waals surface area contributed by atoms with Gasteiger partial charge in [0.05, 0.1) is 43.8 Å². The SMILES string of the molecule is COc1ccc(C)cc1[C@@H](C)Nc1ncnc2c1cnn2CCC#N. The summed E-state index contributed by atoms with van der Waals surface area (Å²) in [6, 6.07) is 8.22. The Morgan fingerprint density at radius 3 is 2.96 bits per heavy atom. The summed E-state index contributed by atoms with van der Waals surface area (Å²) >= 11 is 0. The van der Waals surface area contributed by atoms with E-state index in [2.05, 4.69) is 46.4 Å². The van der Waals surface area contributed by atoms with E-state index in [9.17, 15) is 0 Å². The van der Waals surface area contributed by atoms with Gasteiger partial charge in [0.1, 0.15) is 17.9 Å². The smallest absolute Gasteiger partial charge is 0.163 e. The molecule has 25 heavy (non-hydrogen) atoms. The Kier molecular flexibility index (Phi) is 4.80. The normalized spacial score (nSPS) is 11.9. The lowest BCUT2D eigenvalue weighted by atomic mass is 10.0. The Labute approximate surface area is 146 Å². The highest BCUT2D eigenvalue weighted by Crippen LogP contribution is 2.30. The van der Waals surface area contributed by atoms with E-state index in [0.29, 0.717) is 18.8 Å². The van der Waals surface area contributed by atoms with Crippen molar-refractivity contribution in [2.24, 2.45) is 0 Å². The number of nitrogens with one attached hydrogen (secondary N) is 1. The van der Waals surface area contributed by atoms with Gasteiger partial charge >= 0.3 is 0 Å². The lowest BCUT2D eigenvalue weighted by Crippen LogP contribution is -2.10. The maximum absolute atomic E-state index is 8.76. The molecule has 7 nitrogen and oxygen atoms in total. The van der Waals surface area contributed by atoms with Gasteiger partial charge in [0, 0.05) is 5.56 Å². The summed E-state index contributed by atoms with van der Waals surface area (Å²) < 4.78 is 7.20. The largest absolute Gasteiger partial charge is 0.496 e. The first-order valence-electron chi connectivity index (χ1n) is 8.08. The number of anilines is 1. The molecule has 0 unspecified atom stereocenters. The van der Waals surface area contributed by atoms with Crippen LogP contribution in [0.15, 0.2) is 30.7 Å². The van der Waals surface area contributed by atoms with Gasteiger partial charge in [-0.3, -0.25) is 0 Å². The fourth-order valence-electron chi connectivity index (χ4n) is 2.80. The molecule has 0 aliphatic rings. The average Bonchev–Trinajstić information content (AvgIpc) is 3.04. The minimum Gasteiger partial charge on any atom is -0.496 e. The Morgan fingerprint density at radius 2 is 2.20 bits per heavy atom. The number of nitrogens with zero attached hydrogens (tertiary/aromatic N) is 5. The second-order valence-electron chi connectivity index (χ2n) is 5.85. The monoisotopic (exact) mass is 336 g/mol. The zero-order valence-electron chi connectivity index (χ0n) is 14.5. The summed E-state index contributed by atoms with van der Waals surface area (Å²) in [5.74, 6) is 1.55. The lowest BCUT2D eigenvalue weighted by molar-refractivity contribution is 0.408. The summed E-state index contributed by atoms with van der Waals surface area (Å²) in [4.78, 5) is 8.66. The van der Waals surface area contributed by atoms with Crippen LogP contribution in [0.1, 0.15) is 30.5 Å². The van der Waals surface area contributed by atoms with Gasteiger partial charge in [-0.2, -0.15) is 10.4 Å². The van der Waals surface area contributed by atoms with Gasteiger partial charge in [-0.05, 0) is 19.9 Å². The second-order valence-corrected chi connectivity index (χ2v) is 5.85. The number of hydrogen-bond donors (Lipinski definition) is 1. The van der Waals surface area contributed by atoms with Crippen molar-refractivity contribution in [1.82, 2.24) is 19.7 Å². The van der Waals surface area contributed by atoms with Crippen LogP contribution in [0.25, 0.3) is 11.0 Å². The molecule has 1 atom stereocenters. The Bertz CT molecular complexity index is 927. The molecule has 0 saturated heterocycles. The molecule has 2 aromatic heterocycles. The van der Waals surface area contributed by atoms with Gasteiger partial charge in [-0.25, -0.2) is 14.6 Å². The minimum atomic E-state index is -0.00425. The number of rotatable bonds is 6. The predicted molar refractivity (Wildman–Crippen MR) is 95.3 cm³/mol. The fraction of sp³-hybridized carbons (Fsp3) is 0.333. The molecular formula is C18H20N6O. The van der Waals surface area contributed by atoms with Crippen LogP contribution in [0, 0.1) is 18.3 Å². The first-order chi connectivity index (χ1) is 12.1. The standard InChI is InChI=1S/C18H20N6O/c1-12-5-6-16(25-3)14(9-12)13(2)23-17-15-10-22-24(8-4-7-19)18(15)21-11-20-17/h5-6,9-11,13H,4,8H2,1-3H3,(H,20,21,23)/t13-/m1/s1. The summed E-state index contributed by atoms with van der Waals surface area (Å²) in [7, 11) is 1.67. The molecule has 0 radical (unpaired) electrons. The molecule has 0 fully saturated rings. The molecule has 7 heteroatoms. The molecule has 0 spiro atoms. The topological polar surface area (TPSA) is 88.7 Å². The maximum Gasteiger partial charge on any atom is 0.163 e. The first-order valence-corrected chi connectivity index (χ1v) is 8.08. The number of hydrogen-bond acceptors (Lipinski definition) is 6. The molecule has 0 aliphatic heterocycles.